The monoisotopic (exact) mass is 301 g/mol. The van der Waals surface area contributed by atoms with Crippen molar-refractivity contribution in [1.29, 1.82) is 0 Å². The zero-order valence-electron chi connectivity index (χ0n) is 12.6. The van der Waals surface area contributed by atoms with E-state index in [1.54, 1.807) is 7.11 Å². The van der Waals surface area contributed by atoms with Crippen molar-refractivity contribution < 1.29 is 14.3 Å². The summed E-state index contributed by atoms with van der Waals surface area (Å²) in [6.07, 6.45) is 6.60. The average molecular weight is 301 g/mol. The van der Waals surface area contributed by atoms with Crippen LogP contribution in [0.4, 0.5) is 0 Å². The number of fused-ring (bicyclic) bond motifs is 4. The molecule has 5 rings (SSSR count). The Morgan fingerprint density at radius 2 is 2.14 bits per heavy atom. The number of carbonyl (C=O) groups is 1. The molecular weight excluding hydrogens is 282 g/mol. The number of hydrogen-bond donors (Lipinski definition) is 0. The van der Waals surface area contributed by atoms with Gasteiger partial charge in [0.15, 0.2) is 5.71 Å². The second-order valence-electron chi connectivity index (χ2n) is 6.15. The molecular formula is C16H19N3O3. The molecule has 0 saturated carbocycles. The summed E-state index contributed by atoms with van der Waals surface area (Å²) >= 11 is 0. The quantitative estimate of drug-likeness (QED) is 0.737. The minimum absolute atomic E-state index is 0.0108. The third-order valence-corrected chi connectivity index (χ3v) is 4.90. The van der Waals surface area contributed by atoms with E-state index in [0.29, 0.717) is 18.1 Å². The highest BCUT2D eigenvalue weighted by Crippen LogP contribution is 2.30. The first kappa shape index (κ1) is 13.7. The molecule has 0 N–H and O–H groups in total. The van der Waals surface area contributed by atoms with E-state index in [-0.39, 0.29) is 12.1 Å². The predicted octanol–water partition coefficient (Wildman–Crippen LogP) is 1.29. The minimum Gasteiger partial charge on any atom is -0.497 e. The summed E-state index contributed by atoms with van der Waals surface area (Å²) in [5.74, 6) is 0.867. The van der Waals surface area contributed by atoms with Crippen LogP contribution in [0.3, 0.4) is 0 Å². The highest BCUT2D eigenvalue weighted by Gasteiger charge is 2.38. The Morgan fingerprint density at radius 1 is 1.32 bits per heavy atom. The van der Waals surface area contributed by atoms with Crippen LogP contribution < -0.4 is 0 Å². The van der Waals surface area contributed by atoms with Crippen molar-refractivity contribution in [2.75, 3.05) is 26.7 Å². The fraction of sp³-hybridized carbons (Fsp3) is 0.562. The summed E-state index contributed by atoms with van der Waals surface area (Å²) in [6.45, 7) is 3.10. The van der Waals surface area contributed by atoms with Gasteiger partial charge in [-0.15, -0.1) is 5.10 Å². The molecule has 6 nitrogen and oxygen atoms in total. The zero-order chi connectivity index (χ0) is 15.1. The molecule has 116 valence electrons. The van der Waals surface area contributed by atoms with Crippen LogP contribution in [0.25, 0.3) is 0 Å². The third-order valence-electron chi connectivity index (χ3n) is 4.90. The minimum atomic E-state index is -0.360. The van der Waals surface area contributed by atoms with Gasteiger partial charge in [0.25, 0.3) is 0 Å². The molecule has 5 aliphatic rings. The smallest absolute Gasteiger partial charge is 0.359 e. The van der Waals surface area contributed by atoms with Gasteiger partial charge in [-0.25, -0.2) is 4.79 Å². The number of nitrogens with zero attached hydrogens (tertiary/aromatic N) is 3. The average Bonchev–Trinajstić information content (AvgIpc) is 2.99. The van der Waals surface area contributed by atoms with Gasteiger partial charge in [0.1, 0.15) is 11.9 Å². The lowest BCUT2D eigenvalue weighted by Crippen LogP contribution is -2.52. The second-order valence-corrected chi connectivity index (χ2v) is 6.15. The number of allylic oxidation sites excluding steroid dienone is 2. The van der Waals surface area contributed by atoms with Crippen LogP contribution in [0.15, 0.2) is 33.7 Å². The largest absolute Gasteiger partial charge is 0.497 e. The standard InChI is InChI=1S/C16H19N3O3/c1-21-11-2-3-13-12(8-11)15(18-17-13)16(20)22-14-9-19-6-4-10(14)5-7-19/h2,8,10,14H,3-7,9H2,1H3. The predicted molar refractivity (Wildman–Crippen MR) is 81.7 cm³/mol. The lowest BCUT2D eigenvalue weighted by molar-refractivity contribution is -0.150. The van der Waals surface area contributed by atoms with Gasteiger partial charge in [0.05, 0.1) is 12.8 Å². The Kier molecular flexibility index (Phi) is 3.33. The van der Waals surface area contributed by atoms with Crippen molar-refractivity contribution >= 4 is 17.4 Å². The molecule has 4 aliphatic heterocycles. The maximum absolute atomic E-state index is 12.5. The zero-order valence-corrected chi connectivity index (χ0v) is 12.6. The SMILES string of the molecule is COC1=CCC2=NN=C(C(=O)OC3CN4CCC3CC4)C2=C1. The van der Waals surface area contributed by atoms with Crippen LogP contribution in [0, 0.1) is 5.92 Å². The molecule has 0 amide bonds. The lowest BCUT2D eigenvalue weighted by atomic mass is 9.86. The summed E-state index contributed by atoms with van der Waals surface area (Å²) in [5.41, 5.74) is 1.86. The summed E-state index contributed by atoms with van der Waals surface area (Å²) in [6, 6.07) is 0. The van der Waals surface area contributed by atoms with Crippen molar-refractivity contribution in [3.05, 3.63) is 23.5 Å². The van der Waals surface area contributed by atoms with Gasteiger partial charge in [0.2, 0.25) is 0 Å². The van der Waals surface area contributed by atoms with E-state index in [9.17, 15) is 4.79 Å². The maximum Gasteiger partial charge on any atom is 0.359 e. The van der Waals surface area contributed by atoms with E-state index in [1.165, 1.54) is 0 Å². The number of carbonyl (C=O) groups excluding carboxylic acids is 1. The third kappa shape index (κ3) is 2.27. The number of methoxy groups -OCH3 is 1. The molecule has 0 spiro atoms. The molecule has 6 heteroatoms. The lowest BCUT2D eigenvalue weighted by Gasteiger charge is -2.43. The summed E-state index contributed by atoms with van der Waals surface area (Å²) < 4.78 is 11.0. The van der Waals surface area contributed by atoms with Gasteiger partial charge >= 0.3 is 5.97 Å². The van der Waals surface area contributed by atoms with Crippen molar-refractivity contribution in [2.24, 2.45) is 16.1 Å². The molecule has 0 aromatic heterocycles. The second kappa shape index (κ2) is 5.35. The molecule has 4 heterocycles. The summed E-state index contributed by atoms with van der Waals surface area (Å²) in [4.78, 5) is 14.9. The number of esters is 1. The van der Waals surface area contributed by atoms with Gasteiger partial charge in [-0.1, -0.05) is 0 Å². The number of hydrogen-bond acceptors (Lipinski definition) is 6. The molecule has 0 radical (unpaired) electrons. The first-order chi connectivity index (χ1) is 10.7. The molecule has 0 aromatic carbocycles. The Morgan fingerprint density at radius 3 is 2.82 bits per heavy atom. The van der Waals surface area contributed by atoms with E-state index < -0.39 is 0 Å². The maximum atomic E-state index is 12.5. The van der Waals surface area contributed by atoms with E-state index in [0.717, 1.165) is 49.5 Å². The molecule has 3 saturated heterocycles. The molecule has 0 aromatic rings. The molecule has 22 heavy (non-hydrogen) atoms. The van der Waals surface area contributed by atoms with Crippen LogP contribution in [-0.4, -0.2) is 55.1 Å². The van der Waals surface area contributed by atoms with Crippen LogP contribution in [0.1, 0.15) is 19.3 Å². The molecule has 3 fully saturated rings. The van der Waals surface area contributed by atoms with Crippen molar-refractivity contribution in [2.45, 2.75) is 25.4 Å². The number of piperidine rings is 3. The van der Waals surface area contributed by atoms with Crippen LogP contribution >= 0.6 is 0 Å². The number of ether oxygens (including phenoxy) is 2. The van der Waals surface area contributed by atoms with Crippen molar-refractivity contribution in [3.63, 3.8) is 0 Å². The highest BCUT2D eigenvalue weighted by atomic mass is 16.5. The van der Waals surface area contributed by atoms with Gasteiger partial charge < -0.3 is 9.47 Å². The van der Waals surface area contributed by atoms with Crippen LogP contribution in [-0.2, 0) is 14.3 Å². The Labute approximate surface area is 129 Å². The van der Waals surface area contributed by atoms with Gasteiger partial charge in [-0.2, -0.15) is 5.10 Å². The van der Waals surface area contributed by atoms with Crippen molar-refractivity contribution in [3.8, 4) is 0 Å². The van der Waals surface area contributed by atoms with E-state index in [2.05, 4.69) is 15.1 Å². The molecule has 1 unspecified atom stereocenters. The first-order valence-corrected chi connectivity index (χ1v) is 7.79. The van der Waals surface area contributed by atoms with Gasteiger partial charge in [0, 0.05) is 18.5 Å². The van der Waals surface area contributed by atoms with Gasteiger partial charge in [-0.3, -0.25) is 4.90 Å². The molecule has 2 bridgehead atoms. The fourth-order valence-electron chi connectivity index (χ4n) is 3.59. The summed E-state index contributed by atoms with van der Waals surface area (Å²) in [5, 5.41) is 8.13. The topological polar surface area (TPSA) is 63.5 Å². The highest BCUT2D eigenvalue weighted by molar-refractivity contribution is 6.52. The first-order valence-electron chi connectivity index (χ1n) is 7.79. The summed E-state index contributed by atoms with van der Waals surface area (Å²) in [7, 11) is 1.61. The van der Waals surface area contributed by atoms with Gasteiger partial charge in [-0.05, 0) is 44.0 Å². The van der Waals surface area contributed by atoms with Crippen LogP contribution in [0.5, 0.6) is 0 Å². The fourth-order valence-corrected chi connectivity index (χ4v) is 3.59. The number of rotatable bonds is 3. The Bertz CT molecular complexity index is 625. The van der Waals surface area contributed by atoms with Crippen LogP contribution in [0.2, 0.25) is 0 Å². The van der Waals surface area contributed by atoms with E-state index >= 15 is 0 Å². The molecule has 1 atom stereocenters. The normalized spacial score (nSPS) is 32.5. The molecule has 1 aliphatic carbocycles. The van der Waals surface area contributed by atoms with Crippen molar-refractivity contribution in [1.82, 2.24) is 4.90 Å². The van der Waals surface area contributed by atoms with E-state index in [1.807, 2.05) is 12.2 Å². The van der Waals surface area contributed by atoms with E-state index in [4.69, 9.17) is 9.47 Å². The Balaban J connectivity index is 1.47. The Hall–Kier alpha value is -1.95.